The Morgan fingerprint density at radius 2 is 2.04 bits per heavy atom. The topological polar surface area (TPSA) is 118 Å². The molecule has 1 aliphatic rings. The van der Waals surface area contributed by atoms with Crippen LogP contribution in [0, 0.1) is 0 Å². The van der Waals surface area contributed by atoms with Crippen LogP contribution < -0.4 is 15.8 Å². The van der Waals surface area contributed by atoms with E-state index in [-0.39, 0.29) is 10.6 Å². The number of thioether (sulfide) groups is 1. The number of benzene rings is 1. The standard InChI is InChI=1S/C12H12F3N3O4S2/c13-12(14,15)6-1-2-8-9(3-6)24(21,22)18-7(5-23-8)11(20)17-4-10(16)19/h1-3,7,18H,4-5H2,(H2,16,19)(H,17,20)/t7-/m0/s1. The van der Waals surface area contributed by atoms with Gasteiger partial charge in [-0.2, -0.15) is 17.9 Å². The van der Waals surface area contributed by atoms with Crippen molar-refractivity contribution in [3.05, 3.63) is 23.8 Å². The first-order valence-corrected chi connectivity index (χ1v) is 8.90. The Morgan fingerprint density at radius 1 is 1.38 bits per heavy atom. The van der Waals surface area contributed by atoms with Crippen molar-refractivity contribution in [2.45, 2.75) is 22.0 Å². The first kappa shape index (κ1) is 18.5. The Labute approximate surface area is 139 Å². The van der Waals surface area contributed by atoms with Crippen LogP contribution in [0.1, 0.15) is 5.56 Å². The largest absolute Gasteiger partial charge is 0.416 e. The van der Waals surface area contributed by atoms with Gasteiger partial charge in [-0.25, -0.2) is 8.42 Å². The second-order valence-corrected chi connectivity index (χ2v) is 7.57. The van der Waals surface area contributed by atoms with Crippen molar-refractivity contribution in [3.8, 4) is 0 Å². The molecule has 24 heavy (non-hydrogen) atoms. The maximum atomic E-state index is 12.8. The molecule has 0 unspecified atom stereocenters. The van der Waals surface area contributed by atoms with E-state index in [4.69, 9.17) is 5.73 Å². The van der Waals surface area contributed by atoms with Crippen LogP contribution in [0.3, 0.4) is 0 Å². The zero-order valence-corrected chi connectivity index (χ0v) is 13.5. The van der Waals surface area contributed by atoms with Crippen LogP contribution in [0.15, 0.2) is 28.0 Å². The monoisotopic (exact) mass is 383 g/mol. The highest BCUT2D eigenvalue weighted by atomic mass is 32.2. The summed E-state index contributed by atoms with van der Waals surface area (Å²) in [6, 6.07) is 1.09. The molecule has 1 aliphatic heterocycles. The number of primary amides is 1. The molecule has 1 heterocycles. The predicted molar refractivity (Wildman–Crippen MR) is 78.5 cm³/mol. The Morgan fingerprint density at radius 3 is 2.62 bits per heavy atom. The van der Waals surface area contributed by atoms with Gasteiger partial charge in [-0.3, -0.25) is 9.59 Å². The van der Waals surface area contributed by atoms with Gasteiger partial charge in [0.25, 0.3) is 0 Å². The fraction of sp³-hybridized carbons (Fsp3) is 0.333. The minimum atomic E-state index is -4.69. The van der Waals surface area contributed by atoms with Gasteiger partial charge in [0.05, 0.1) is 17.0 Å². The van der Waals surface area contributed by atoms with Crippen LogP contribution in [0.2, 0.25) is 0 Å². The summed E-state index contributed by atoms with van der Waals surface area (Å²) in [5, 5.41) is 2.15. The third kappa shape index (κ3) is 4.19. The molecule has 0 fully saturated rings. The lowest BCUT2D eigenvalue weighted by molar-refractivity contribution is -0.137. The second-order valence-electron chi connectivity index (χ2n) is 4.83. The lowest BCUT2D eigenvalue weighted by Crippen LogP contribution is -2.49. The van der Waals surface area contributed by atoms with Crippen molar-refractivity contribution in [3.63, 3.8) is 0 Å². The van der Waals surface area contributed by atoms with Crippen molar-refractivity contribution in [1.29, 1.82) is 0 Å². The molecule has 1 aromatic rings. The molecule has 2 amide bonds. The van der Waals surface area contributed by atoms with E-state index in [1.807, 2.05) is 4.72 Å². The molecule has 4 N–H and O–H groups in total. The van der Waals surface area contributed by atoms with Gasteiger partial charge in [0.2, 0.25) is 21.8 Å². The molecule has 1 aromatic carbocycles. The van der Waals surface area contributed by atoms with E-state index in [9.17, 15) is 31.2 Å². The van der Waals surface area contributed by atoms with E-state index >= 15 is 0 Å². The number of nitrogens with two attached hydrogens (primary N) is 1. The van der Waals surface area contributed by atoms with Gasteiger partial charge in [0.1, 0.15) is 6.04 Å². The number of rotatable bonds is 3. The number of fused-ring (bicyclic) bond motifs is 1. The number of carbonyl (C=O) groups excluding carboxylic acids is 2. The van der Waals surface area contributed by atoms with Gasteiger partial charge in [-0.15, -0.1) is 11.8 Å². The molecular formula is C12H12F3N3O4S2. The predicted octanol–water partition coefficient (Wildman–Crippen LogP) is 0.0595. The first-order chi connectivity index (χ1) is 11.0. The molecule has 0 spiro atoms. The van der Waals surface area contributed by atoms with E-state index in [0.717, 1.165) is 23.9 Å². The molecule has 0 bridgehead atoms. The average Bonchev–Trinajstić information content (AvgIpc) is 2.60. The van der Waals surface area contributed by atoms with Crippen LogP contribution >= 0.6 is 11.8 Å². The van der Waals surface area contributed by atoms with E-state index < -0.39 is 51.1 Å². The number of alkyl halides is 3. The lowest BCUT2D eigenvalue weighted by atomic mass is 10.2. The van der Waals surface area contributed by atoms with Gasteiger partial charge in [0.15, 0.2) is 0 Å². The number of sulfonamides is 1. The maximum absolute atomic E-state index is 12.8. The van der Waals surface area contributed by atoms with Gasteiger partial charge < -0.3 is 11.1 Å². The molecule has 132 valence electrons. The highest BCUT2D eigenvalue weighted by Gasteiger charge is 2.36. The number of halogens is 3. The molecule has 2 rings (SSSR count). The van der Waals surface area contributed by atoms with Gasteiger partial charge in [-0.05, 0) is 18.2 Å². The highest BCUT2D eigenvalue weighted by molar-refractivity contribution is 8.00. The molecule has 0 saturated carbocycles. The van der Waals surface area contributed by atoms with E-state index in [0.29, 0.717) is 6.07 Å². The van der Waals surface area contributed by atoms with Crippen LogP contribution in [0.4, 0.5) is 13.2 Å². The molecule has 0 aromatic heterocycles. The molecule has 1 atom stereocenters. The summed E-state index contributed by atoms with van der Waals surface area (Å²) in [5.41, 5.74) is 3.77. The summed E-state index contributed by atoms with van der Waals surface area (Å²) in [5.74, 6) is -1.67. The Bertz CT molecular complexity index is 780. The molecule has 0 radical (unpaired) electrons. The van der Waals surface area contributed by atoms with Crippen molar-refractivity contribution in [1.82, 2.24) is 10.0 Å². The summed E-state index contributed by atoms with van der Waals surface area (Å²) in [6.07, 6.45) is -4.69. The normalized spacial score (nSPS) is 19.9. The number of carbonyl (C=O) groups is 2. The van der Waals surface area contributed by atoms with E-state index in [1.54, 1.807) is 0 Å². The summed E-state index contributed by atoms with van der Waals surface area (Å²) < 4.78 is 64.8. The van der Waals surface area contributed by atoms with Crippen molar-refractivity contribution in [2.24, 2.45) is 5.73 Å². The fourth-order valence-corrected chi connectivity index (χ4v) is 4.76. The second kappa shape index (κ2) is 6.61. The smallest absolute Gasteiger partial charge is 0.368 e. The molecular weight excluding hydrogens is 371 g/mol. The Balaban J connectivity index is 2.31. The summed E-state index contributed by atoms with van der Waals surface area (Å²) in [4.78, 5) is 22.1. The summed E-state index contributed by atoms with van der Waals surface area (Å²) in [7, 11) is -4.34. The van der Waals surface area contributed by atoms with Gasteiger partial charge >= 0.3 is 6.18 Å². The Kier molecular flexibility index (Phi) is 5.11. The number of hydrogen-bond acceptors (Lipinski definition) is 5. The lowest BCUT2D eigenvalue weighted by Gasteiger charge is -2.14. The Hall–Kier alpha value is -1.79. The minimum Gasteiger partial charge on any atom is -0.368 e. The van der Waals surface area contributed by atoms with Crippen molar-refractivity contribution < 1.29 is 31.2 Å². The molecule has 0 saturated heterocycles. The van der Waals surface area contributed by atoms with Crippen LogP contribution in [-0.2, 0) is 25.8 Å². The quantitative estimate of drug-likeness (QED) is 0.682. The zero-order chi connectivity index (χ0) is 18.1. The third-order valence-corrected chi connectivity index (χ3v) is 5.82. The molecule has 0 aliphatic carbocycles. The summed E-state index contributed by atoms with van der Waals surface area (Å²) >= 11 is 0.916. The zero-order valence-electron chi connectivity index (χ0n) is 11.9. The first-order valence-electron chi connectivity index (χ1n) is 6.43. The number of nitrogens with one attached hydrogen (secondary N) is 2. The number of hydrogen-bond donors (Lipinski definition) is 3. The van der Waals surface area contributed by atoms with Crippen molar-refractivity contribution in [2.75, 3.05) is 12.3 Å². The minimum absolute atomic E-state index is 0.0534. The van der Waals surface area contributed by atoms with Crippen LogP contribution in [0.5, 0.6) is 0 Å². The van der Waals surface area contributed by atoms with Gasteiger partial charge in [0, 0.05) is 10.6 Å². The highest BCUT2D eigenvalue weighted by Crippen LogP contribution is 2.36. The van der Waals surface area contributed by atoms with Crippen molar-refractivity contribution >= 4 is 33.6 Å². The summed E-state index contributed by atoms with van der Waals surface area (Å²) in [6.45, 7) is -0.479. The van der Waals surface area contributed by atoms with Gasteiger partial charge in [-0.1, -0.05) is 0 Å². The van der Waals surface area contributed by atoms with E-state index in [1.165, 1.54) is 0 Å². The fourth-order valence-electron chi connectivity index (χ4n) is 1.90. The average molecular weight is 383 g/mol. The number of amides is 2. The molecule has 12 heteroatoms. The van der Waals surface area contributed by atoms with Crippen LogP contribution in [0.25, 0.3) is 0 Å². The third-order valence-electron chi connectivity index (χ3n) is 3.02. The van der Waals surface area contributed by atoms with E-state index in [2.05, 4.69) is 5.32 Å². The molecule has 7 nitrogen and oxygen atoms in total. The SMILES string of the molecule is NC(=O)CNC(=O)[C@@H]1CSc2ccc(C(F)(F)F)cc2S(=O)(=O)N1. The van der Waals surface area contributed by atoms with Crippen LogP contribution in [-0.4, -0.2) is 38.6 Å². The maximum Gasteiger partial charge on any atom is 0.416 e.